The Morgan fingerprint density at radius 1 is 1.42 bits per heavy atom. The molecule has 0 amide bonds. The SMILES string of the molecule is CC[C@H]1[C@H](C)O[C@@H](C)C[C@@H]1OC. The maximum absolute atomic E-state index is 5.74. The molecule has 0 spiro atoms. The smallest absolute Gasteiger partial charge is 0.0648 e. The van der Waals surface area contributed by atoms with Crippen molar-refractivity contribution in [1.82, 2.24) is 0 Å². The normalized spacial score (nSPS) is 43.0. The third kappa shape index (κ3) is 1.99. The minimum atomic E-state index is 0.351. The van der Waals surface area contributed by atoms with E-state index in [0.717, 1.165) is 12.8 Å². The Morgan fingerprint density at radius 2 is 2.08 bits per heavy atom. The molecule has 1 rings (SSSR count). The van der Waals surface area contributed by atoms with Gasteiger partial charge >= 0.3 is 0 Å². The summed E-state index contributed by atoms with van der Waals surface area (Å²) in [4.78, 5) is 0. The van der Waals surface area contributed by atoms with Gasteiger partial charge in [-0.15, -0.1) is 0 Å². The highest BCUT2D eigenvalue weighted by Gasteiger charge is 2.33. The zero-order chi connectivity index (χ0) is 9.14. The summed E-state index contributed by atoms with van der Waals surface area (Å²) in [7, 11) is 1.80. The molecule has 1 aliphatic rings. The van der Waals surface area contributed by atoms with E-state index >= 15 is 0 Å². The lowest BCUT2D eigenvalue weighted by Gasteiger charge is -2.38. The maximum atomic E-state index is 5.74. The summed E-state index contributed by atoms with van der Waals surface area (Å²) in [6.45, 7) is 6.47. The first-order valence-corrected chi connectivity index (χ1v) is 4.87. The van der Waals surface area contributed by atoms with Gasteiger partial charge in [0.15, 0.2) is 0 Å². The van der Waals surface area contributed by atoms with Gasteiger partial charge in [-0.3, -0.25) is 0 Å². The van der Waals surface area contributed by atoms with Gasteiger partial charge < -0.3 is 9.47 Å². The van der Waals surface area contributed by atoms with Crippen LogP contribution >= 0.6 is 0 Å². The molecule has 0 aromatic rings. The molecule has 0 aromatic carbocycles. The number of rotatable bonds is 2. The number of hydrogen-bond donors (Lipinski definition) is 0. The van der Waals surface area contributed by atoms with Crippen LogP contribution in [-0.4, -0.2) is 25.4 Å². The average Bonchev–Trinajstić information content (AvgIpc) is 2.03. The van der Waals surface area contributed by atoms with Crippen LogP contribution in [-0.2, 0) is 9.47 Å². The van der Waals surface area contributed by atoms with E-state index in [9.17, 15) is 0 Å². The van der Waals surface area contributed by atoms with Gasteiger partial charge in [0, 0.05) is 13.0 Å². The Balaban J connectivity index is 2.56. The molecule has 1 fully saturated rings. The van der Waals surface area contributed by atoms with E-state index in [1.165, 1.54) is 0 Å². The standard InChI is InChI=1S/C10H20O2/c1-5-9-8(3)12-7(2)6-10(9)11-4/h7-10H,5-6H2,1-4H3/t7-,8-,9-,10-/m0/s1. The van der Waals surface area contributed by atoms with Gasteiger partial charge in [0.2, 0.25) is 0 Å². The summed E-state index contributed by atoms with van der Waals surface area (Å²) in [5.74, 6) is 0.575. The largest absolute Gasteiger partial charge is 0.381 e. The Kier molecular flexibility index (Phi) is 3.53. The number of hydrogen-bond acceptors (Lipinski definition) is 2. The van der Waals surface area contributed by atoms with Crippen molar-refractivity contribution in [3.63, 3.8) is 0 Å². The van der Waals surface area contributed by atoms with Crippen LogP contribution in [0.1, 0.15) is 33.6 Å². The first-order chi connectivity index (χ1) is 5.69. The molecule has 0 unspecified atom stereocenters. The van der Waals surface area contributed by atoms with E-state index in [-0.39, 0.29) is 0 Å². The average molecular weight is 172 g/mol. The van der Waals surface area contributed by atoms with Crippen LogP contribution in [0.5, 0.6) is 0 Å². The molecule has 12 heavy (non-hydrogen) atoms. The minimum absolute atomic E-state index is 0.351. The molecular weight excluding hydrogens is 152 g/mol. The van der Waals surface area contributed by atoms with E-state index in [1.807, 2.05) is 0 Å². The maximum Gasteiger partial charge on any atom is 0.0648 e. The molecule has 2 heteroatoms. The first kappa shape index (κ1) is 10.0. The van der Waals surface area contributed by atoms with Crippen molar-refractivity contribution in [3.8, 4) is 0 Å². The van der Waals surface area contributed by atoms with Gasteiger partial charge in [0.1, 0.15) is 0 Å². The number of methoxy groups -OCH3 is 1. The summed E-state index contributed by atoms with van der Waals surface area (Å²) in [5, 5.41) is 0. The zero-order valence-electron chi connectivity index (χ0n) is 8.54. The molecule has 0 aliphatic carbocycles. The molecule has 4 atom stereocenters. The molecule has 2 nitrogen and oxygen atoms in total. The van der Waals surface area contributed by atoms with Crippen molar-refractivity contribution < 1.29 is 9.47 Å². The lowest BCUT2D eigenvalue weighted by atomic mass is 9.88. The molecule has 0 N–H and O–H groups in total. The van der Waals surface area contributed by atoms with Crippen molar-refractivity contribution in [2.45, 2.75) is 51.9 Å². The van der Waals surface area contributed by atoms with Crippen LogP contribution in [0, 0.1) is 5.92 Å². The fraction of sp³-hybridized carbons (Fsp3) is 1.00. The third-order valence-electron chi connectivity index (χ3n) is 2.87. The zero-order valence-corrected chi connectivity index (χ0v) is 8.54. The topological polar surface area (TPSA) is 18.5 Å². The monoisotopic (exact) mass is 172 g/mol. The highest BCUT2D eigenvalue weighted by molar-refractivity contribution is 4.81. The van der Waals surface area contributed by atoms with Gasteiger partial charge in [0.25, 0.3) is 0 Å². The summed E-state index contributed by atoms with van der Waals surface area (Å²) < 4.78 is 11.2. The Bertz CT molecular complexity index is 136. The Labute approximate surface area is 75.2 Å². The highest BCUT2D eigenvalue weighted by Crippen LogP contribution is 2.29. The molecule has 72 valence electrons. The van der Waals surface area contributed by atoms with E-state index in [0.29, 0.717) is 24.2 Å². The van der Waals surface area contributed by atoms with Crippen molar-refractivity contribution in [1.29, 1.82) is 0 Å². The van der Waals surface area contributed by atoms with Crippen LogP contribution in [0.2, 0.25) is 0 Å². The van der Waals surface area contributed by atoms with Crippen LogP contribution in [0.3, 0.4) is 0 Å². The molecule has 0 bridgehead atoms. The molecule has 1 aliphatic heterocycles. The van der Waals surface area contributed by atoms with Crippen molar-refractivity contribution >= 4 is 0 Å². The van der Waals surface area contributed by atoms with Crippen LogP contribution in [0.25, 0.3) is 0 Å². The van der Waals surface area contributed by atoms with Gasteiger partial charge in [-0.05, 0) is 26.7 Å². The van der Waals surface area contributed by atoms with Crippen molar-refractivity contribution in [3.05, 3.63) is 0 Å². The molecule has 1 heterocycles. The molecule has 0 radical (unpaired) electrons. The fourth-order valence-electron chi connectivity index (χ4n) is 2.19. The second-order valence-electron chi connectivity index (χ2n) is 3.73. The Hall–Kier alpha value is -0.0800. The van der Waals surface area contributed by atoms with E-state index in [4.69, 9.17) is 9.47 Å². The molecule has 1 saturated heterocycles. The van der Waals surface area contributed by atoms with Gasteiger partial charge in [-0.25, -0.2) is 0 Å². The van der Waals surface area contributed by atoms with Crippen LogP contribution in [0.4, 0.5) is 0 Å². The van der Waals surface area contributed by atoms with Gasteiger partial charge in [-0.1, -0.05) is 6.92 Å². The summed E-state index contributed by atoms with van der Waals surface area (Å²) in [5.41, 5.74) is 0. The minimum Gasteiger partial charge on any atom is -0.381 e. The first-order valence-electron chi connectivity index (χ1n) is 4.87. The van der Waals surface area contributed by atoms with Crippen LogP contribution in [0.15, 0.2) is 0 Å². The molecule has 0 aromatic heterocycles. The Morgan fingerprint density at radius 3 is 2.58 bits per heavy atom. The van der Waals surface area contributed by atoms with Crippen molar-refractivity contribution in [2.75, 3.05) is 7.11 Å². The number of ether oxygens (including phenoxy) is 2. The van der Waals surface area contributed by atoms with Gasteiger partial charge in [-0.2, -0.15) is 0 Å². The van der Waals surface area contributed by atoms with E-state index in [1.54, 1.807) is 7.11 Å². The fourth-order valence-corrected chi connectivity index (χ4v) is 2.19. The quantitative estimate of drug-likeness (QED) is 0.636. The molecule has 0 saturated carbocycles. The summed E-state index contributed by atoms with van der Waals surface area (Å²) >= 11 is 0. The third-order valence-corrected chi connectivity index (χ3v) is 2.87. The predicted molar refractivity (Wildman–Crippen MR) is 49.2 cm³/mol. The predicted octanol–water partition coefficient (Wildman–Crippen LogP) is 2.22. The van der Waals surface area contributed by atoms with Crippen LogP contribution < -0.4 is 0 Å². The summed E-state index contributed by atoms with van der Waals surface area (Å²) in [6, 6.07) is 0. The van der Waals surface area contributed by atoms with E-state index in [2.05, 4.69) is 20.8 Å². The lowest BCUT2D eigenvalue weighted by Crippen LogP contribution is -2.42. The lowest BCUT2D eigenvalue weighted by molar-refractivity contribution is -0.133. The second-order valence-corrected chi connectivity index (χ2v) is 3.73. The summed E-state index contributed by atoms with van der Waals surface area (Å²) in [6.07, 6.45) is 3.29. The van der Waals surface area contributed by atoms with E-state index < -0.39 is 0 Å². The van der Waals surface area contributed by atoms with Crippen molar-refractivity contribution in [2.24, 2.45) is 5.92 Å². The van der Waals surface area contributed by atoms with Gasteiger partial charge in [0.05, 0.1) is 18.3 Å². The molecular formula is C10H20O2. The highest BCUT2D eigenvalue weighted by atomic mass is 16.5. The second kappa shape index (κ2) is 4.24.